The Balaban J connectivity index is 1.27. The highest BCUT2D eigenvalue weighted by Gasteiger charge is 2.52. The standard InChI is InChI=1S/C25H26F2O4/c26-18-2-1-3-20(13-18)31-21-12-17(11-19(27)14-21)25-8-6-24(7-9-25,15-30-25)5-4-16-10-22(16)23(28)29/h1-3,11-14,16,22H,4-10,15H2,(H,28,29)/t16-,22?,24?,25?/m1/s1. The Bertz CT molecular complexity index is 980. The van der Waals surface area contributed by atoms with Gasteiger partial charge in [0.2, 0.25) is 0 Å². The number of aliphatic carboxylic acids is 1. The lowest BCUT2D eigenvalue weighted by molar-refractivity contribution is -0.192. The Hall–Kier alpha value is -2.47. The van der Waals surface area contributed by atoms with Gasteiger partial charge in [-0.3, -0.25) is 4.79 Å². The molecule has 2 atom stereocenters. The molecule has 2 aromatic carbocycles. The highest BCUT2D eigenvalue weighted by molar-refractivity contribution is 5.73. The summed E-state index contributed by atoms with van der Waals surface area (Å²) in [6.45, 7) is 0.619. The lowest BCUT2D eigenvalue weighted by Crippen LogP contribution is -2.49. The van der Waals surface area contributed by atoms with E-state index in [0.29, 0.717) is 24.0 Å². The second-order valence-electron chi connectivity index (χ2n) is 9.50. The molecule has 1 N–H and O–H groups in total. The van der Waals surface area contributed by atoms with Crippen LogP contribution >= 0.6 is 0 Å². The van der Waals surface area contributed by atoms with Crippen LogP contribution in [0.5, 0.6) is 11.5 Å². The van der Waals surface area contributed by atoms with Crippen molar-refractivity contribution in [3.05, 3.63) is 59.7 Å². The molecule has 4 fully saturated rings. The lowest BCUT2D eigenvalue weighted by atomic mass is 9.62. The molecule has 0 aromatic heterocycles. The number of hydrogen-bond acceptors (Lipinski definition) is 3. The van der Waals surface area contributed by atoms with E-state index in [1.54, 1.807) is 18.2 Å². The van der Waals surface area contributed by atoms with Crippen LogP contribution in [0.4, 0.5) is 8.78 Å². The lowest BCUT2D eigenvalue weighted by Gasteiger charge is -2.53. The highest BCUT2D eigenvalue weighted by Crippen LogP contribution is 2.57. The van der Waals surface area contributed by atoms with E-state index in [4.69, 9.17) is 14.6 Å². The number of hydrogen-bond donors (Lipinski definition) is 1. The molecule has 1 unspecified atom stereocenters. The van der Waals surface area contributed by atoms with Gasteiger partial charge < -0.3 is 14.6 Å². The summed E-state index contributed by atoms with van der Waals surface area (Å²) in [4.78, 5) is 11.1. The zero-order valence-electron chi connectivity index (χ0n) is 17.3. The fraction of sp³-hybridized carbons (Fsp3) is 0.480. The largest absolute Gasteiger partial charge is 0.481 e. The summed E-state index contributed by atoms with van der Waals surface area (Å²) in [6.07, 6.45) is 6.34. The van der Waals surface area contributed by atoms with E-state index in [2.05, 4.69) is 0 Å². The molecule has 6 heteroatoms. The van der Waals surface area contributed by atoms with Gasteiger partial charge in [0, 0.05) is 12.1 Å². The monoisotopic (exact) mass is 428 g/mol. The Morgan fingerprint density at radius 2 is 1.84 bits per heavy atom. The maximum Gasteiger partial charge on any atom is 0.306 e. The Morgan fingerprint density at radius 3 is 2.48 bits per heavy atom. The average molecular weight is 428 g/mol. The van der Waals surface area contributed by atoms with Gasteiger partial charge in [0.25, 0.3) is 0 Å². The zero-order valence-corrected chi connectivity index (χ0v) is 17.3. The van der Waals surface area contributed by atoms with E-state index in [1.165, 1.54) is 24.3 Å². The molecule has 2 aromatic rings. The van der Waals surface area contributed by atoms with E-state index in [0.717, 1.165) is 50.5 Å². The topological polar surface area (TPSA) is 55.8 Å². The number of halogens is 2. The molecule has 2 saturated carbocycles. The number of benzene rings is 2. The van der Waals surface area contributed by atoms with E-state index in [1.807, 2.05) is 0 Å². The van der Waals surface area contributed by atoms with Crippen LogP contribution in [-0.4, -0.2) is 17.7 Å². The van der Waals surface area contributed by atoms with Gasteiger partial charge in [0.05, 0.1) is 18.1 Å². The Kier molecular flexibility index (Phi) is 5.00. The molecule has 2 bridgehead atoms. The van der Waals surface area contributed by atoms with Gasteiger partial charge in [0.15, 0.2) is 0 Å². The first-order valence-electron chi connectivity index (χ1n) is 11.0. The molecule has 0 amide bonds. The number of rotatable bonds is 7. The third-order valence-electron chi connectivity index (χ3n) is 7.49. The average Bonchev–Trinajstić information content (AvgIpc) is 3.54. The second kappa shape index (κ2) is 7.59. The molecule has 164 valence electrons. The van der Waals surface area contributed by atoms with Gasteiger partial charge in [0.1, 0.15) is 23.1 Å². The minimum absolute atomic E-state index is 0.113. The van der Waals surface area contributed by atoms with Crippen molar-refractivity contribution in [2.75, 3.05) is 6.61 Å². The van der Waals surface area contributed by atoms with Crippen molar-refractivity contribution in [3.8, 4) is 11.5 Å². The summed E-state index contributed by atoms with van der Waals surface area (Å²) in [5.74, 6) is -0.688. The first-order valence-corrected chi connectivity index (χ1v) is 11.0. The highest BCUT2D eigenvalue weighted by atomic mass is 19.1. The van der Waals surface area contributed by atoms with Crippen LogP contribution in [0.2, 0.25) is 0 Å². The molecule has 31 heavy (non-hydrogen) atoms. The van der Waals surface area contributed by atoms with Crippen molar-refractivity contribution in [1.82, 2.24) is 0 Å². The predicted molar refractivity (Wildman–Crippen MR) is 110 cm³/mol. The molecule has 6 rings (SSSR count). The van der Waals surface area contributed by atoms with E-state index in [9.17, 15) is 13.6 Å². The van der Waals surface area contributed by atoms with Crippen molar-refractivity contribution in [3.63, 3.8) is 0 Å². The van der Waals surface area contributed by atoms with Gasteiger partial charge in [-0.2, -0.15) is 0 Å². The molecule has 0 radical (unpaired) electrons. The summed E-state index contributed by atoms with van der Waals surface area (Å²) < 4.78 is 39.9. The summed E-state index contributed by atoms with van der Waals surface area (Å²) in [5, 5.41) is 9.12. The van der Waals surface area contributed by atoms with Crippen LogP contribution < -0.4 is 4.74 Å². The van der Waals surface area contributed by atoms with Crippen molar-refractivity contribution in [1.29, 1.82) is 0 Å². The smallest absolute Gasteiger partial charge is 0.306 e. The molecule has 2 saturated heterocycles. The third-order valence-corrected chi connectivity index (χ3v) is 7.49. The van der Waals surface area contributed by atoms with E-state index < -0.39 is 23.2 Å². The quantitative estimate of drug-likeness (QED) is 0.584. The van der Waals surface area contributed by atoms with Crippen molar-refractivity contribution >= 4 is 5.97 Å². The molecular formula is C25H26F2O4. The van der Waals surface area contributed by atoms with Crippen LogP contribution in [0.3, 0.4) is 0 Å². The van der Waals surface area contributed by atoms with Gasteiger partial charge in [-0.1, -0.05) is 6.07 Å². The maximum atomic E-state index is 14.4. The van der Waals surface area contributed by atoms with Crippen molar-refractivity contribution in [2.45, 2.75) is 50.5 Å². The minimum atomic E-state index is -0.674. The SMILES string of the molecule is O=C(O)C1C[C@H]1CCC12CCC(c3cc(F)cc(Oc4cccc(F)c4)c3)(CC1)OC2. The summed E-state index contributed by atoms with van der Waals surface area (Å²) in [6, 6.07) is 10.4. The zero-order chi connectivity index (χ0) is 21.6. The number of carbonyl (C=O) groups is 1. The molecule has 2 heterocycles. The predicted octanol–water partition coefficient (Wildman–Crippen LogP) is 6.04. The van der Waals surface area contributed by atoms with Gasteiger partial charge in [-0.05, 0) is 86.1 Å². The fourth-order valence-electron chi connectivity index (χ4n) is 5.37. The molecule has 2 aliphatic carbocycles. The number of fused-ring (bicyclic) bond motifs is 3. The number of ether oxygens (including phenoxy) is 2. The van der Waals surface area contributed by atoms with Crippen LogP contribution in [-0.2, 0) is 15.1 Å². The Morgan fingerprint density at radius 1 is 1.06 bits per heavy atom. The maximum absolute atomic E-state index is 14.4. The first kappa shape index (κ1) is 20.4. The van der Waals surface area contributed by atoms with Crippen molar-refractivity contribution in [2.24, 2.45) is 17.3 Å². The van der Waals surface area contributed by atoms with Gasteiger partial charge >= 0.3 is 5.97 Å². The first-order chi connectivity index (χ1) is 14.9. The third kappa shape index (κ3) is 4.05. The minimum Gasteiger partial charge on any atom is -0.481 e. The summed E-state index contributed by atoms with van der Waals surface area (Å²) >= 11 is 0. The summed E-state index contributed by atoms with van der Waals surface area (Å²) in [5.41, 5.74) is 0.356. The van der Waals surface area contributed by atoms with Crippen LogP contribution in [0.25, 0.3) is 0 Å². The van der Waals surface area contributed by atoms with Gasteiger partial charge in [-0.25, -0.2) is 8.78 Å². The molecule has 2 aliphatic heterocycles. The van der Waals surface area contributed by atoms with Gasteiger partial charge in [-0.15, -0.1) is 0 Å². The van der Waals surface area contributed by atoms with Crippen LogP contribution in [0, 0.1) is 28.9 Å². The number of carboxylic acids is 1. The molecule has 4 aliphatic rings. The second-order valence-corrected chi connectivity index (χ2v) is 9.50. The summed E-state index contributed by atoms with van der Waals surface area (Å²) in [7, 11) is 0. The van der Waals surface area contributed by atoms with E-state index in [-0.39, 0.29) is 11.3 Å². The van der Waals surface area contributed by atoms with Crippen LogP contribution in [0.15, 0.2) is 42.5 Å². The van der Waals surface area contributed by atoms with Crippen LogP contribution in [0.1, 0.15) is 50.5 Å². The number of carboxylic acid groups (broad SMARTS) is 1. The van der Waals surface area contributed by atoms with E-state index >= 15 is 0 Å². The van der Waals surface area contributed by atoms with Crippen molar-refractivity contribution < 1.29 is 28.2 Å². The molecular weight excluding hydrogens is 402 g/mol. The Labute approximate surface area is 180 Å². The molecule has 0 spiro atoms. The molecule has 4 nitrogen and oxygen atoms in total. The fourth-order valence-corrected chi connectivity index (χ4v) is 5.37. The normalized spacial score (nSPS) is 31.4.